The van der Waals surface area contributed by atoms with Crippen molar-refractivity contribution in [2.45, 2.75) is 131 Å². The molecule has 0 saturated heterocycles. The van der Waals surface area contributed by atoms with E-state index in [-0.39, 0.29) is 33.8 Å². The Hall–Kier alpha value is -12.4. The minimum Gasteiger partial charge on any atom is -0.311 e. The largest absolute Gasteiger partial charge is 0.311 e. The van der Waals surface area contributed by atoms with Gasteiger partial charge in [0.15, 0.2) is 0 Å². The van der Waals surface area contributed by atoms with Crippen molar-refractivity contribution in [2.24, 2.45) is 0 Å². The zero-order chi connectivity index (χ0) is 79.9. The molecule has 0 radical (unpaired) electrons. The number of anilines is 12. The number of benzene rings is 15. The third-order valence-corrected chi connectivity index (χ3v) is 23.6. The van der Waals surface area contributed by atoms with Crippen LogP contribution in [-0.2, 0) is 27.1 Å². The van der Waals surface area contributed by atoms with Crippen LogP contribution in [0.4, 0.5) is 68.2 Å². The van der Waals surface area contributed by atoms with Gasteiger partial charge in [-0.1, -0.05) is 322 Å². The Morgan fingerprint density at radius 3 is 0.783 bits per heavy atom. The normalized spacial score (nSPS) is 12.8. The fourth-order valence-corrected chi connectivity index (χ4v) is 17.0. The number of fused-ring (bicyclic) bond motifs is 4. The van der Waals surface area contributed by atoms with Crippen LogP contribution in [0, 0.1) is 0 Å². The van der Waals surface area contributed by atoms with Gasteiger partial charge in [-0.3, -0.25) is 0 Å². The van der Waals surface area contributed by atoms with Crippen LogP contribution in [0.25, 0.3) is 66.8 Å². The predicted octanol–water partition coefficient (Wildman–Crippen LogP) is 29.2. The highest BCUT2D eigenvalue weighted by Crippen LogP contribution is 2.52. The van der Waals surface area contributed by atoms with Crippen LogP contribution < -0.4 is 36.0 Å². The third-order valence-electron chi connectivity index (χ3n) is 23.6. The topological polar surface area (TPSA) is 13.0 Å². The van der Waals surface area contributed by atoms with E-state index in [0.717, 1.165) is 107 Å². The van der Waals surface area contributed by atoms with Gasteiger partial charge in [-0.2, -0.15) is 0 Å². The second-order valence-corrected chi connectivity index (χ2v) is 36.8. The molecule has 0 aliphatic carbocycles. The Balaban J connectivity index is 0.953. The highest BCUT2D eigenvalue weighted by atomic mass is 15.2. The summed E-state index contributed by atoms with van der Waals surface area (Å²) in [5.74, 6) is 0. The van der Waals surface area contributed by atoms with E-state index in [9.17, 15) is 0 Å². The van der Waals surface area contributed by atoms with Gasteiger partial charge in [0.25, 0.3) is 6.71 Å². The number of hydrogen-bond acceptors (Lipinski definition) is 4. The maximum Gasteiger partial charge on any atom is 0.252 e. The van der Waals surface area contributed by atoms with Gasteiger partial charge in [0.2, 0.25) is 0 Å². The van der Waals surface area contributed by atoms with Gasteiger partial charge in [0, 0.05) is 68.2 Å². The van der Waals surface area contributed by atoms with Crippen LogP contribution in [0.3, 0.4) is 0 Å². The average Bonchev–Trinajstić information content (AvgIpc) is 0.691. The first-order valence-corrected chi connectivity index (χ1v) is 41.0. The van der Waals surface area contributed by atoms with Crippen molar-refractivity contribution in [3.63, 3.8) is 0 Å². The van der Waals surface area contributed by atoms with Crippen LogP contribution in [0.1, 0.15) is 132 Å². The first-order valence-electron chi connectivity index (χ1n) is 41.0. The molecule has 0 N–H and O–H groups in total. The number of nitrogens with zero attached hydrogens (tertiary/aromatic N) is 4. The molecule has 2 aliphatic rings. The Labute approximate surface area is 683 Å². The van der Waals surface area contributed by atoms with E-state index in [4.69, 9.17) is 0 Å². The molecular weight excluding hydrogens is 1390 g/mol. The summed E-state index contributed by atoms with van der Waals surface area (Å²) in [4.78, 5) is 10.2. The summed E-state index contributed by atoms with van der Waals surface area (Å²) >= 11 is 0. The minimum atomic E-state index is -0.317. The SMILES string of the molecule is CC(C)(C)c1ccc(N(c2ccc(C(C)(C)C)cc2)c2ccc3c(c2)N(c2cccc(-c4cccc(-c5ccccc5)c4)c2)c2cc(C(C)(C)C)cc4c2B3c2ccc(N(c3ccc(C(C)(C)C)cc3)c3ccc(C(C)(C)C)cc3)cc2N4c2cc(-c3ccccc3)cc(-c3cccc(-c4cccc(-c5ccccc5)c4)c3)c2)cc1. The molecule has 0 unspecified atom stereocenters. The van der Waals surface area contributed by atoms with E-state index in [1.165, 1.54) is 72.0 Å². The second kappa shape index (κ2) is 29.5. The van der Waals surface area contributed by atoms with Crippen LogP contribution in [0.5, 0.6) is 0 Å². The molecule has 566 valence electrons. The van der Waals surface area contributed by atoms with Crippen LogP contribution in [0.15, 0.2) is 352 Å². The molecule has 0 fully saturated rings. The van der Waals surface area contributed by atoms with Crippen LogP contribution >= 0.6 is 0 Å². The van der Waals surface area contributed by atoms with Crippen molar-refractivity contribution in [1.29, 1.82) is 0 Å². The Bertz CT molecular complexity index is 5970. The van der Waals surface area contributed by atoms with Gasteiger partial charge in [-0.25, -0.2) is 0 Å². The smallest absolute Gasteiger partial charge is 0.252 e. The van der Waals surface area contributed by atoms with E-state index in [1.54, 1.807) is 0 Å². The summed E-state index contributed by atoms with van der Waals surface area (Å²) in [5.41, 5.74) is 36.6. The lowest BCUT2D eigenvalue weighted by molar-refractivity contribution is 0.590. The van der Waals surface area contributed by atoms with E-state index in [1.807, 2.05) is 0 Å². The maximum atomic E-state index is 2.66. The first-order chi connectivity index (χ1) is 55.1. The number of hydrogen-bond donors (Lipinski definition) is 0. The van der Waals surface area contributed by atoms with Gasteiger partial charge >= 0.3 is 0 Å². The summed E-state index contributed by atoms with van der Waals surface area (Å²) in [6.45, 7) is 34.5. The molecule has 0 spiro atoms. The highest BCUT2D eigenvalue weighted by Gasteiger charge is 2.45. The van der Waals surface area contributed by atoms with Crippen molar-refractivity contribution < 1.29 is 0 Å². The molecule has 17 rings (SSSR count). The lowest BCUT2D eigenvalue weighted by Crippen LogP contribution is -2.61. The number of rotatable bonds is 14. The molecular formula is C110H103BN4. The second-order valence-electron chi connectivity index (χ2n) is 36.8. The predicted molar refractivity (Wildman–Crippen MR) is 496 cm³/mol. The van der Waals surface area contributed by atoms with Crippen molar-refractivity contribution >= 4 is 91.3 Å². The Kier molecular flexibility index (Phi) is 19.3. The molecule has 0 amide bonds. The van der Waals surface area contributed by atoms with Gasteiger partial charge in [0.05, 0.1) is 0 Å². The van der Waals surface area contributed by atoms with Crippen LogP contribution in [-0.4, -0.2) is 6.71 Å². The zero-order valence-corrected chi connectivity index (χ0v) is 69.4. The monoisotopic (exact) mass is 1490 g/mol. The van der Waals surface area contributed by atoms with E-state index >= 15 is 0 Å². The summed E-state index contributed by atoms with van der Waals surface area (Å²) in [7, 11) is 0. The molecule has 4 nitrogen and oxygen atoms in total. The maximum absolute atomic E-state index is 2.66. The molecule has 0 bridgehead atoms. The molecule has 0 saturated carbocycles. The lowest BCUT2D eigenvalue weighted by atomic mass is 9.33. The first kappa shape index (κ1) is 75.3. The van der Waals surface area contributed by atoms with Crippen molar-refractivity contribution in [2.75, 3.05) is 19.6 Å². The minimum absolute atomic E-state index is 0.0321. The van der Waals surface area contributed by atoms with E-state index < -0.39 is 0 Å². The van der Waals surface area contributed by atoms with Gasteiger partial charge in [-0.15, -0.1) is 0 Å². The van der Waals surface area contributed by atoms with E-state index in [2.05, 4.69) is 475 Å². The lowest BCUT2D eigenvalue weighted by Gasteiger charge is -2.46. The molecule has 5 heteroatoms. The summed E-state index contributed by atoms with van der Waals surface area (Å²) in [5, 5.41) is 0. The van der Waals surface area contributed by atoms with Crippen molar-refractivity contribution in [3.8, 4) is 66.8 Å². The molecule has 0 aromatic heterocycles. The molecule has 2 heterocycles. The molecule has 15 aromatic rings. The van der Waals surface area contributed by atoms with E-state index in [0.29, 0.717) is 0 Å². The molecule has 15 aromatic carbocycles. The summed E-state index contributed by atoms with van der Waals surface area (Å²) in [6, 6.07) is 133. The summed E-state index contributed by atoms with van der Waals surface area (Å²) < 4.78 is 0. The summed E-state index contributed by atoms with van der Waals surface area (Å²) in [6.07, 6.45) is 0. The third kappa shape index (κ3) is 14.9. The van der Waals surface area contributed by atoms with Crippen LogP contribution in [0.2, 0.25) is 0 Å². The van der Waals surface area contributed by atoms with Gasteiger partial charge in [0.1, 0.15) is 0 Å². The van der Waals surface area contributed by atoms with Gasteiger partial charge in [-0.05, 0) is 272 Å². The standard InChI is InChI=1S/C110H103BN4/c1-106(2,3)86-43-51-91(52-44-86)112(92-53-45-87(46-54-92)107(4,5)6)96-59-61-99-101(72-96)114(95-42-28-41-83(67-95)81-39-26-36-78(64-81)75-31-21-17-22-32-75)103-70-90(110(13,14)15)71-104-105(103)111(99)100-62-60-97(113(93-55-47-88(48-56-93)108(7,8)9)94-57-49-89(50-58-94)109(10,11)12)73-102(100)115(104)98-68-84(76-33-23-18-24-34-76)66-85(69-98)82-40-27-38-80(65-82)79-37-25-35-77(63-79)74-29-19-16-20-30-74/h16-73H,1-15H3. The molecule has 0 atom stereocenters. The van der Waals surface area contributed by atoms with Gasteiger partial charge < -0.3 is 19.6 Å². The van der Waals surface area contributed by atoms with Crippen molar-refractivity contribution in [1.82, 2.24) is 0 Å². The van der Waals surface area contributed by atoms with Crippen molar-refractivity contribution in [3.05, 3.63) is 380 Å². The fraction of sp³-hybridized carbons (Fsp3) is 0.182. The molecule has 2 aliphatic heterocycles. The Morgan fingerprint density at radius 1 is 0.191 bits per heavy atom. The zero-order valence-electron chi connectivity index (χ0n) is 69.4. The average molecular weight is 1490 g/mol. The highest BCUT2D eigenvalue weighted by molar-refractivity contribution is 7.00. The quantitative estimate of drug-likeness (QED) is 0.101. The Morgan fingerprint density at radius 2 is 0.443 bits per heavy atom. The fourth-order valence-electron chi connectivity index (χ4n) is 17.0. The molecule has 115 heavy (non-hydrogen) atoms.